The van der Waals surface area contributed by atoms with Gasteiger partial charge in [0.05, 0.1) is 18.5 Å². The van der Waals surface area contributed by atoms with Crippen LogP contribution in [0.25, 0.3) is 11.3 Å². The lowest BCUT2D eigenvalue weighted by Crippen LogP contribution is -1.99. The van der Waals surface area contributed by atoms with Crippen LogP contribution in [-0.4, -0.2) is 17.8 Å². The Morgan fingerprint density at radius 3 is 2.48 bits per heavy atom. The Kier molecular flexibility index (Phi) is 5.46. The van der Waals surface area contributed by atoms with Crippen molar-refractivity contribution in [3.05, 3.63) is 65.0 Å². The van der Waals surface area contributed by atoms with E-state index in [-0.39, 0.29) is 0 Å². The van der Waals surface area contributed by atoms with Gasteiger partial charge in [0.15, 0.2) is 0 Å². The minimum atomic E-state index is 0.780. The van der Waals surface area contributed by atoms with Crippen molar-refractivity contribution in [3.8, 4) is 17.0 Å². The molecule has 0 fully saturated rings. The van der Waals surface area contributed by atoms with Gasteiger partial charge in [0.1, 0.15) is 5.75 Å². The SMILES string of the molecule is CCc1ccc(-c2csc(N/N=C(\C)c3ccc(OC)cc3)n2)cc1. The number of aromatic nitrogens is 1. The number of ether oxygens (including phenoxy) is 1. The first kappa shape index (κ1) is 17.2. The highest BCUT2D eigenvalue weighted by Crippen LogP contribution is 2.25. The summed E-state index contributed by atoms with van der Waals surface area (Å²) in [5.41, 5.74) is 8.40. The van der Waals surface area contributed by atoms with Crippen molar-refractivity contribution in [1.29, 1.82) is 0 Å². The predicted molar refractivity (Wildman–Crippen MR) is 106 cm³/mol. The fourth-order valence-corrected chi connectivity index (χ4v) is 3.06. The van der Waals surface area contributed by atoms with Crippen molar-refractivity contribution in [3.63, 3.8) is 0 Å². The van der Waals surface area contributed by atoms with Gasteiger partial charge >= 0.3 is 0 Å². The molecule has 3 aromatic rings. The van der Waals surface area contributed by atoms with Gasteiger partial charge in [-0.1, -0.05) is 31.2 Å². The number of methoxy groups -OCH3 is 1. The average molecular weight is 351 g/mol. The lowest BCUT2D eigenvalue weighted by molar-refractivity contribution is 0.415. The quantitative estimate of drug-likeness (QED) is 0.489. The van der Waals surface area contributed by atoms with Crippen molar-refractivity contribution in [2.75, 3.05) is 12.5 Å². The van der Waals surface area contributed by atoms with E-state index in [0.29, 0.717) is 0 Å². The van der Waals surface area contributed by atoms with E-state index in [0.717, 1.165) is 39.8 Å². The van der Waals surface area contributed by atoms with Crippen LogP contribution in [0.15, 0.2) is 59.0 Å². The number of thiazole rings is 1. The number of rotatable bonds is 6. The van der Waals surface area contributed by atoms with E-state index >= 15 is 0 Å². The Morgan fingerprint density at radius 1 is 1.12 bits per heavy atom. The van der Waals surface area contributed by atoms with Crippen LogP contribution in [0.5, 0.6) is 5.75 Å². The number of hydrazone groups is 1. The summed E-state index contributed by atoms with van der Waals surface area (Å²) < 4.78 is 5.17. The highest BCUT2D eigenvalue weighted by Gasteiger charge is 2.05. The molecule has 0 bridgehead atoms. The maximum absolute atomic E-state index is 5.17. The normalized spacial score (nSPS) is 11.4. The monoisotopic (exact) mass is 351 g/mol. The highest BCUT2D eigenvalue weighted by molar-refractivity contribution is 7.14. The molecule has 2 aromatic carbocycles. The van der Waals surface area contributed by atoms with Crippen LogP contribution in [0.4, 0.5) is 5.13 Å². The zero-order valence-electron chi connectivity index (χ0n) is 14.6. The van der Waals surface area contributed by atoms with Crippen LogP contribution in [-0.2, 0) is 6.42 Å². The van der Waals surface area contributed by atoms with Crippen molar-refractivity contribution in [2.24, 2.45) is 5.10 Å². The molecule has 5 heteroatoms. The summed E-state index contributed by atoms with van der Waals surface area (Å²) in [5, 5.41) is 7.25. The molecule has 1 heterocycles. The van der Waals surface area contributed by atoms with Crippen LogP contribution >= 0.6 is 11.3 Å². The number of aryl methyl sites for hydroxylation is 1. The lowest BCUT2D eigenvalue weighted by Gasteiger charge is -2.03. The number of hydrogen-bond donors (Lipinski definition) is 1. The Bertz CT molecular complexity index is 851. The van der Waals surface area contributed by atoms with Gasteiger partial charge in [0.25, 0.3) is 0 Å². The van der Waals surface area contributed by atoms with Gasteiger partial charge in [-0.05, 0) is 48.7 Å². The van der Waals surface area contributed by atoms with Crippen LogP contribution in [0.3, 0.4) is 0 Å². The average Bonchev–Trinajstić information content (AvgIpc) is 3.15. The van der Waals surface area contributed by atoms with Gasteiger partial charge < -0.3 is 4.74 Å². The van der Waals surface area contributed by atoms with Gasteiger partial charge in [-0.25, -0.2) is 4.98 Å². The molecule has 0 aliphatic heterocycles. The first-order valence-corrected chi connectivity index (χ1v) is 9.07. The van der Waals surface area contributed by atoms with Crippen LogP contribution in [0.2, 0.25) is 0 Å². The van der Waals surface area contributed by atoms with E-state index in [1.165, 1.54) is 5.56 Å². The van der Waals surface area contributed by atoms with Crippen molar-refractivity contribution in [2.45, 2.75) is 20.3 Å². The fraction of sp³-hybridized carbons (Fsp3) is 0.200. The molecule has 25 heavy (non-hydrogen) atoms. The summed E-state index contributed by atoms with van der Waals surface area (Å²) in [6.45, 7) is 4.12. The molecule has 0 spiro atoms. The maximum Gasteiger partial charge on any atom is 0.203 e. The van der Waals surface area contributed by atoms with Gasteiger partial charge in [-0.2, -0.15) is 5.10 Å². The molecule has 1 aromatic heterocycles. The van der Waals surface area contributed by atoms with E-state index in [1.54, 1.807) is 18.4 Å². The minimum absolute atomic E-state index is 0.780. The molecule has 0 saturated carbocycles. The fourth-order valence-electron chi connectivity index (χ4n) is 2.40. The Labute approximate surface area is 152 Å². The molecule has 0 atom stereocenters. The van der Waals surface area contributed by atoms with E-state index in [9.17, 15) is 0 Å². The molecule has 0 unspecified atom stereocenters. The van der Waals surface area contributed by atoms with Crippen molar-refractivity contribution < 1.29 is 4.74 Å². The number of nitrogens with one attached hydrogen (secondary N) is 1. The second kappa shape index (κ2) is 7.94. The molecule has 128 valence electrons. The molecule has 0 radical (unpaired) electrons. The molecule has 0 aliphatic carbocycles. The standard InChI is InChI=1S/C20H21N3OS/c1-4-15-5-7-17(8-6-15)19-13-25-20(21-19)23-22-14(2)16-9-11-18(24-3)12-10-16/h5-13H,4H2,1-3H3,(H,21,23)/b22-14+. The third-order valence-corrected chi connectivity index (χ3v) is 4.74. The summed E-state index contributed by atoms with van der Waals surface area (Å²) >= 11 is 1.55. The summed E-state index contributed by atoms with van der Waals surface area (Å²) in [6.07, 6.45) is 1.05. The molecule has 1 N–H and O–H groups in total. The van der Waals surface area contributed by atoms with Crippen LogP contribution in [0, 0.1) is 0 Å². The zero-order valence-corrected chi connectivity index (χ0v) is 15.4. The first-order chi connectivity index (χ1) is 12.2. The van der Waals surface area contributed by atoms with Gasteiger partial charge in [-0.15, -0.1) is 11.3 Å². The van der Waals surface area contributed by atoms with E-state index < -0.39 is 0 Å². The first-order valence-electron chi connectivity index (χ1n) is 8.19. The summed E-state index contributed by atoms with van der Waals surface area (Å²) in [7, 11) is 1.66. The molecule has 3 rings (SSSR count). The van der Waals surface area contributed by atoms with Crippen LogP contribution < -0.4 is 10.2 Å². The lowest BCUT2D eigenvalue weighted by atomic mass is 10.1. The molecule has 0 aliphatic rings. The van der Waals surface area contributed by atoms with Crippen molar-refractivity contribution in [1.82, 2.24) is 4.98 Å². The largest absolute Gasteiger partial charge is 0.497 e. The number of anilines is 1. The third-order valence-electron chi connectivity index (χ3n) is 3.99. The Hall–Kier alpha value is -2.66. The van der Waals surface area contributed by atoms with Crippen molar-refractivity contribution >= 4 is 22.2 Å². The number of hydrogen-bond acceptors (Lipinski definition) is 5. The highest BCUT2D eigenvalue weighted by atomic mass is 32.1. The van der Waals surface area contributed by atoms with Gasteiger partial charge in [-0.3, -0.25) is 5.43 Å². The third kappa shape index (κ3) is 4.25. The summed E-state index contributed by atoms with van der Waals surface area (Å²) in [6, 6.07) is 16.4. The summed E-state index contributed by atoms with van der Waals surface area (Å²) in [4.78, 5) is 4.61. The predicted octanol–water partition coefficient (Wildman–Crippen LogP) is 5.22. The van der Waals surface area contributed by atoms with Crippen LogP contribution in [0.1, 0.15) is 25.0 Å². The number of benzene rings is 2. The molecule has 0 saturated heterocycles. The Morgan fingerprint density at radius 2 is 1.84 bits per heavy atom. The Balaban J connectivity index is 1.69. The van der Waals surface area contributed by atoms with Gasteiger partial charge in [0.2, 0.25) is 5.13 Å². The zero-order chi connectivity index (χ0) is 17.6. The second-order valence-electron chi connectivity index (χ2n) is 5.63. The summed E-state index contributed by atoms with van der Waals surface area (Å²) in [5.74, 6) is 0.836. The molecular formula is C20H21N3OS. The number of nitrogens with zero attached hydrogens (tertiary/aromatic N) is 2. The molecular weight excluding hydrogens is 330 g/mol. The van der Waals surface area contributed by atoms with E-state index in [2.05, 4.69) is 46.7 Å². The molecule has 4 nitrogen and oxygen atoms in total. The van der Waals surface area contributed by atoms with Gasteiger partial charge in [0, 0.05) is 10.9 Å². The smallest absolute Gasteiger partial charge is 0.203 e. The second-order valence-corrected chi connectivity index (χ2v) is 6.48. The topological polar surface area (TPSA) is 46.5 Å². The molecule has 0 amide bonds. The maximum atomic E-state index is 5.17. The van der Waals surface area contributed by atoms with E-state index in [4.69, 9.17) is 4.74 Å². The van der Waals surface area contributed by atoms with E-state index in [1.807, 2.05) is 36.6 Å². The minimum Gasteiger partial charge on any atom is -0.497 e.